The van der Waals surface area contributed by atoms with Crippen molar-refractivity contribution in [2.24, 2.45) is 17.6 Å². The minimum absolute atomic E-state index is 0.00983. The Balaban J connectivity index is 0.000000968. The van der Waals surface area contributed by atoms with Crippen molar-refractivity contribution in [3.05, 3.63) is 54.4 Å². The summed E-state index contributed by atoms with van der Waals surface area (Å²) in [5, 5.41) is 13.9. The van der Waals surface area contributed by atoms with Crippen LogP contribution in [0.25, 0.3) is 0 Å². The van der Waals surface area contributed by atoms with Gasteiger partial charge in [0.05, 0.1) is 30.0 Å². The van der Waals surface area contributed by atoms with Crippen molar-refractivity contribution in [2.45, 2.75) is 32.4 Å². The number of alkyl halides is 1. The normalized spacial score (nSPS) is 18.3. The summed E-state index contributed by atoms with van der Waals surface area (Å²) >= 11 is 0. The number of aromatic nitrogens is 1. The van der Waals surface area contributed by atoms with E-state index in [0.717, 1.165) is 12.8 Å². The maximum absolute atomic E-state index is 13.5. The second-order valence-corrected chi connectivity index (χ2v) is 7.97. The SMILES string of the molecule is C=CN.COc1c(Nc2cc(NC(=O)C3CC3)ncc2C(=O)C2CC2F)cccc1C(C)=N. The Hall–Kier alpha value is -3.75. The van der Waals surface area contributed by atoms with Crippen LogP contribution in [0.15, 0.2) is 43.2 Å². The predicted octanol–water partition coefficient (Wildman–Crippen LogP) is 4.20. The number of Topliss-reactive ketones (excluding diaryl/α,β-unsaturated/α-hetero) is 1. The first-order chi connectivity index (χ1) is 15.8. The van der Waals surface area contributed by atoms with Gasteiger partial charge in [-0.05, 0) is 44.5 Å². The molecular formula is C24H28FN5O3. The molecule has 1 aromatic heterocycles. The van der Waals surface area contributed by atoms with E-state index in [0.29, 0.717) is 34.2 Å². The molecule has 0 saturated heterocycles. The molecule has 2 fully saturated rings. The minimum Gasteiger partial charge on any atom is -0.494 e. The van der Waals surface area contributed by atoms with Gasteiger partial charge in [-0.25, -0.2) is 9.37 Å². The van der Waals surface area contributed by atoms with Crippen LogP contribution in [0.3, 0.4) is 0 Å². The molecule has 9 heteroatoms. The van der Waals surface area contributed by atoms with Gasteiger partial charge in [0.1, 0.15) is 12.0 Å². The van der Waals surface area contributed by atoms with Crippen LogP contribution in [0, 0.1) is 17.2 Å². The lowest BCUT2D eigenvalue weighted by atomic mass is 10.1. The van der Waals surface area contributed by atoms with Crippen LogP contribution in [0.5, 0.6) is 5.75 Å². The Morgan fingerprint density at radius 1 is 1.30 bits per heavy atom. The number of carbonyl (C=O) groups is 2. The molecule has 4 rings (SSSR count). The van der Waals surface area contributed by atoms with Gasteiger partial charge in [0.15, 0.2) is 11.5 Å². The number of methoxy groups -OCH3 is 1. The maximum atomic E-state index is 13.5. The third-order valence-corrected chi connectivity index (χ3v) is 5.31. The molecule has 0 spiro atoms. The number of ketones is 1. The monoisotopic (exact) mass is 453 g/mol. The number of nitrogens with two attached hydrogens (primary N) is 1. The summed E-state index contributed by atoms with van der Waals surface area (Å²) in [4.78, 5) is 29.0. The molecule has 1 heterocycles. The van der Waals surface area contributed by atoms with E-state index in [9.17, 15) is 14.0 Å². The number of rotatable bonds is 8. The zero-order chi connectivity index (χ0) is 24.1. The Morgan fingerprint density at radius 3 is 2.52 bits per heavy atom. The summed E-state index contributed by atoms with van der Waals surface area (Å²) in [6.45, 7) is 4.79. The van der Waals surface area contributed by atoms with E-state index in [1.165, 1.54) is 19.5 Å². The van der Waals surface area contributed by atoms with E-state index in [-0.39, 0.29) is 29.6 Å². The van der Waals surface area contributed by atoms with Gasteiger partial charge in [-0.2, -0.15) is 0 Å². The molecule has 5 N–H and O–H groups in total. The third-order valence-electron chi connectivity index (χ3n) is 5.31. The number of hydrogen-bond acceptors (Lipinski definition) is 7. The largest absolute Gasteiger partial charge is 0.494 e. The summed E-state index contributed by atoms with van der Waals surface area (Å²) in [6.07, 6.45) is 3.43. The van der Waals surface area contributed by atoms with Crippen LogP contribution < -0.4 is 21.1 Å². The first-order valence-corrected chi connectivity index (χ1v) is 10.6. The summed E-state index contributed by atoms with van der Waals surface area (Å²) < 4.78 is 19.0. The number of nitrogens with zero attached hydrogens (tertiary/aromatic N) is 1. The molecule has 8 nitrogen and oxygen atoms in total. The number of nitrogens with one attached hydrogen (secondary N) is 3. The van der Waals surface area contributed by atoms with E-state index in [1.54, 1.807) is 31.2 Å². The highest BCUT2D eigenvalue weighted by atomic mass is 19.1. The predicted molar refractivity (Wildman–Crippen MR) is 126 cm³/mol. The van der Waals surface area contributed by atoms with Crippen LogP contribution in [0.4, 0.5) is 21.6 Å². The van der Waals surface area contributed by atoms with Gasteiger partial charge in [-0.3, -0.25) is 9.59 Å². The Kier molecular flexibility index (Phi) is 7.42. The van der Waals surface area contributed by atoms with Crippen molar-refractivity contribution in [3.63, 3.8) is 0 Å². The van der Waals surface area contributed by atoms with Gasteiger partial charge in [0.2, 0.25) is 5.91 Å². The summed E-state index contributed by atoms with van der Waals surface area (Å²) in [7, 11) is 1.50. The fourth-order valence-corrected chi connectivity index (χ4v) is 3.33. The Morgan fingerprint density at radius 2 is 1.97 bits per heavy atom. The maximum Gasteiger partial charge on any atom is 0.228 e. The molecule has 2 saturated carbocycles. The fraction of sp³-hybridized carbons (Fsp3) is 0.333. The topological polar surface area (TPSA) is 130 Å². The first kappa shape index (κ1) is 23.9. The van der Waals surface area contributed by atoms with Crippen molar-refractivity contribution < 1.29 is 18.7 Å². The molecule has 0 bridgehead atoms. The van der Waals surface area contributed by atoms with Crippen molar-refractivity contribution >= 4 is 34.6 Å². The van der Waals surface area contributed by atoms with Gasteiger partial charge < -0.3 is 26.5 Å². The number of para-hydroxylation sites is 1. The highest BCUT2D eigenvalue weighted by Gasteiger charge is 2.44. The summed E-state index contributed by atoms with van der Waals surface area (Å²) in [6, 6.07) is 6.88. The number of hydrogen-bond donors (Lipinski definition) is 4. The Labute approximate surface area is 191 Å². The number of pyridine rings is 1. The number of anilines is 3. The lowest BCUT2D eigenvalue weighted by Gasteiger charge is -2.17. The zero-order valence-electron chi connectivity index (χ0n) is 18.7. The van der Waals surface area contributed by atoms with Crippen molar-refractivity contribution in [2.75, 3.05) is 17.7 Å². The van der Waals surface area contributed by atoms with Crippen molar-refractivity contribution in [3.8, 4) is 5.75 Å². The lowest BCUT2D eigenvalue weighted by Crippen LogP contribution is -2.16. The standard InChI is InChI=1S/C22H23FN4O3.C2H5N/c1-11(24)13-4-3-5-17(21(13)30-2)26-18-9-19(27-22(29)12-6-7-12)25-10-15(18)20(28)14-8-16(14)23;1-2-3/h3-5,9-10,12,14,16,24H,6-8H2,1-2H3,(H2,25,26,27,29);2H,1,3H2. The van der Waals surface area contributed by atoms with Gasteiger partial charge in [0.25, 0.3) is 0 Å². The number of ether oxygens (including phenoxy) is 1. The highest BCUT2D eigenvalue weighted by molar-refractivity contribution is 6.06. The molecule has 0 aliphatic heterocycles. The highest BCUT2D eigenvalue weighted by Crippen LogP contribution is 2.40. The first-order valence-electron chi connectivity index (χ1n) is 10.6. The molecular weight excluding hydrogens is 425 g/mol. The van der Waals surface area contributed by atoms with E-state index in [1.807, 2.05) is 0 Å². The van der Waals surface area contributed by atoms with Crippen LogP contribution in [0.1, 0.15) is 42.1 Å². The van der Waals surface area contributed by atoms with E-state index < -0.39 is 12.1 Å². The van der Waals surface area contributed by atoms with Crippen molar-refractivity contribution in [1.29, 1.82) is 5.41 Å². The fourth-order valence-electron chi connectivity index (χ4n) is 3.33. The van der Waals surface area contributed by atoms with Crippen LogP contribution >= 0.6 is 0 Å². The van der Waals surface area contributed by atoms with Crippen LogP contribution in [0.2, 0.25) is 0 Å². The van der Waals surface area contributed by atoms with Gasteiger partial charge in [0, 0.05) is 29.5 Å². The number of amides is 1. The van der Waals surface area contributed by atoms with Crippen LogP contribution in [-0.2, 0) is 4.79 Å². The molecule has 2 aliphatic carbocycles. The molecule has 174 valence electrons. The Bertz CT molecular complexity index is 1080. The van der Waals surface area contributed by atoms with E-state index in [4.69, 9.17) is 10.1 Å². The van der Waals surface area contributed by atoms with Crippen molar-refractivity contribution in [1.82, 2.24) is 4.98 Å². The van der Waals surface area contributed by atoms with Gasteiger partial charge in [-0.15, -0.1) is 0 Å². The number of halogens is 1. The van der Waals surface area contributed by atoms with E-state index >= 15 is 0 Å². The average molecular weight is 454 g/mol. The molecule has 0 radical (unpaired) electrons. The molecule has 1 aromatic carbocycles. The minimum atomic E-state index is -1.13. The molecule has 2 aliphatic rings. The molecule has 2 unspecified atom stereocenters. The lowest BCUT2D eigenvalue weighted by molar-refractivity contribution is -0.117. The third kappa shape index (κ3) is 5.74. The van der Waals surface area contributed by atoms with E-state index in [2.05, 4.69) is 27.9 Å². The molecule has 2 aromatic rings. The second-order valence-electron chi connectivity index (χ2n) is 7.97. The molecule has 1 amide bonds. The number of benzene rings is 1. The number of carbonyl (C=O) groups excluding carboxylic acids is 2. The van der Waals surface area contributed by atoms with Crippen LogP contribution in [-0.4, -0.2) is 35.7 Å². The van der Waals surface area contributed by atoms with Gasteiger partial charge >= 0.3 is 0 Å². The summed E-state index contributed by atoms with van der Waals surface area (Å²) in [5.41, 5.74) is 6.76. The smallest absolute Gasteiger partial charge is 0.228 e. The second kappa shape index (κ2) is 10.2. The molecule has 33 heavy (non-hydrogen) atoms. The molecule has 2 atom stereocenters. The zero-order valence-corrected chi connectivity index (χ0v) is 18.7. The average Bonchev–Trinajstić information content (AvgIpc) is 3.70. The summed E-state index contributed by atoms with van der Waals surface area (Å²) in [5.74, 6) is -0.295. The van der Waals surface area contributed by atoms with Gasteiger partial charge in [-0.1, -0.05) is 12.6 Å². The quantitative estimate of drug-likeness (QED) is 0.350.